The van der Waals surface area contributed by atoms with E-state index in [4.69, 9.17) is 0 Å². The molecule has 0 bridgehead atoms. The van der Waals surface area contributed by atoms with Crippen molar-refractivity contribution in [3.05, 3.63) is 59.7 Å². The molecular weight excluding hydrogens is 513 g/mol. The molecule has 0 saturated heterocycles. The topological polar surface area (TPSA) is 87.2 Å². The van der Waals surface area contributed by atoms with Crippen LogP contribution in [0.4, 0.5) is 18.9 Å². The first-order valence-electron chi connectivity index (χ1n) is 13.4. The van der Waals surface area contributed by atoms with Gasteiger partial charge in [-0.05, 0) is 67.5 Å². The van der Waals surface area contributed by atoms with Crippen LogP contribution in [0.1, 0.15) is 73.3 Å². The Hall–Kier alpha value is -3.56. The molecule has 1 heterocycles. The second-order valence-electron chi connectivity index (χ2n) is 10.6. The van der Waals surface area contributed by atoms with Crippen molar-refractivity contribution < 1.29 is 37.4 Å². The molecule has 2 aromatic rings. The maximum Gasteiger partial charge on any atom is 0.573 e. The number of hydrogen-bond acceptors (Lipinski definition) is 4. The predicted molar refractivity (Wildman–Crippen MR) is 136 cm³/mol. The lowest BCUT2D eigenvalue weighted by Gasteiger charge is -2.49. The zero-order chi connectivity index (χ0) is 27.7. The van der Waals surface area contributed by atoms with Crippen molar-refractivity contribution in [3.63, 3.8) is 0 Å². The van der Waals surface area contributed by atoms with Gasteiger partial charge in [0.1, 0.15) is 5.75 Å². The standard InChI is InChI=1S/C29H31F3N2O5/c30-29(31,32)39-20-13-11-19(12-14-20)28(38)34-23-9-2-1-7-21(23)27(22-8-4-10-24(22)34)33(17-18-5-3-6-18)25(35)15-16-26(36)37/h1-2,7,9,11-14,18,22,24,27H,3-6,8,10,15-17H2,(H,36,37)/t22-,24+,27+/m1/s1. The smallest absolute Gasteiger partial charge is 0.481 e. The SMILES string of the molecule is O=C(O)CCC(=O)N(CC1CCC1)[C@H]1c2ccccc2N(C(=O)c2ccc(OC(F)(F)F)cc2)[C@H]2CCC[C@@H]12. The van der Waals surface area contributed by atoms with Gasteiger partial charge in [-0.1, -0.05) is 31.0 Å². The number of rotatable bonds is 8. The van der Waals surface area contributed by atoms with Crippen molar-refractivity contribution in [2.45, 2.75) is 69.8 Å². The monoisotopic (exact) mass is 544 g/mol. The molecule has 0 radical (unpaired) electrons. The van der Waals surface area contributed by atoms with E-state index in [0.29, 0.717) is 18.2 Å². The molecule has 2 fully saturated rings. The summed E-state index contributed by atoms with van der Waals surface area (Å²) in [5, 5.41) is 9.20. The average molecular weight is 545 g/mol. The number of para-hydroxylation sites is 1. The minimum absolute atomic E-state index is 0.0365. The summed E-state index contributed by atoms with van der Waals surface area (Å²) in [6.07, 6.45) is 0.446. The first kappa shape index (κ1) is 27.0. The first-order chi connectivity index (χ1) is 18.6. The van der Waals surface area contributed by atoms with E-state index in [-0.39, 0.29) is 48.2 Å². The van der Waals surface area contributed by atoms with Gasteiger partial charge in [-0.15, -0.1) is 13.2 Å². The Balaban J connectivity index is 1.49. The molecule has 2 aromatic carbocycles. The van der Waals surface area contributed by atoms with Gasteiger partial charge in [0.05, 0.1) is 12.5 Å². The molecule has 2 saturated carbocycles. The number of alkyl halides is 3. The van der Waals surface area contributed by atoms with E-state index in [0.717, 1.165) is 56.2 Å². The van der Waals surface area contributed by atoms with Crippen LogP contribution in [0.3, 0.4) is 0 Å². The van der Waals surface area contributed by atoms with E-state index in [1.54, 1.807) is 4.90 Å². The molecule has 0 aromatic heterocycles. The third kappa shape index (κ3) is 5.74. The van der Waals surface area contributed by atoms with E-state index in [1.807, 2.05) is 29.2 Å². The van der Waals surface area contributed by atoms with Crippen LogP contribution in [0.2, 0.25) is 0 Å². The molecule has 2 aliphatic carbocycles. The predicted octanol–water partition coefficient (Wildman–Crippen LogP) is 5.95. The van der Waals surface area contributed by atoms with E-state index in [9.17, 15) is 32.7 Å². The molecule has 39 heavy (non-hydrogen) atoms. The van der Waals surface area contributed by atoms with Gasteiger partial charge >= 0.3 is 12.3 Å². The zero-order valence-electron chi connectivity index (χ0n) is 21.4. The van der Waals surface area contributed by atoms with Crippen molar-refractivity contribution in [1.29, 1.82) is 0 Å². The normalized spacial score (nSPS) is 22.4. The first-order valence-corrected chi connectivity index (χ1v) is 13.4. The Morgan fingerprint density at radius 2 is 1.64 bits per heavy atom. The lowest BCUT2D eigenvalue weighted by molar-refractivity contribution is -0.274. The van der Waals surface area contributed by atoms with Crippen molar-refractivity contribution in [1.82, 2.24) is 4.90 Å². The van der Waals surface area contributed by atoms with Crippen LogP contribution >= 0.6 is 0 Å². The van der Waals surface area contributed by atoms with Crippen LogP contribution in [-0.4, -0.2) is 46.7 Å². The largest absolute Gasteiger partial charge is 0.573 e. The summed E-state index contributed by atoms with van der Waals surface area (Å²) in [5.74, 6) is -1.58. The number of ether oxygens (including phenoxy) is 1. The van der Waals surface area contributed by atoms with Crippen LogP contribution in [0.5, 0.6) is 5.75 Å². The molecule has 0 unspecified atom stereocenters. The fraction of sp³-hybridized carbons (Fsp3) is 0.483. The molecule has 1 aliphatic heterocycles. The highest BCUT2D eigenvalue weighted by atomic mass is 19.4. The fourth-order valence-corrected chi connectivity index (χ4v) is 6.30. The minimum atomic E-state index is -4.82. The van der Waals surface area contributed by atoms with Gasteiger partial charge in [0.25, 0.3) is 5.91 Å². The molecule has 5 rings (SSSR count). The van der Waals surface area contributed by atoms with Gasteiger partial charge in [-0.3, -0.25) is 14.4 Å². The lowest BCUT2D eigenvalue weighted by Crippen LogP contribution is -2.53. The molecule has 1 N–H and O–H groups in total. The van der Waals surface area contributed by atoms with Gasteiger partial charge in [0.2, 0.25) is 5.91 Å². The van der Waals surface area contributed by atoms with Gasteiger partial charge in [0, 0.05) is 36.2 Å². The van der Waals surface area contributed by atoms with Crippen LogP contribution in [0, 0.1) is 11.8 Å². The Labute approximate surface area is 224 Å². The number of aliphatic carboxylic acids is 1. The van der Waals surface area contributed by atoms with E-state index < -0.39 is 18.1 Å². The van der Waals surface area contributed by atoms with E-state index >= 15 is 0 Å². The molecule has 7 nitrogen and oxygen atoms in total. The number of fused-ring (bicyclic) bond motifs is 2. The van der Waals surface area contributed by atoms with Crippen molar-refractivity contribution in [3.8, 4) is 5.75 Å². The maximum absolute atomic E-state index is 13.8. The fourth-order valence-electron chi connectivity index (χ4n) is 6.30. The third-order valence-electron chi connectivity index (χ3n) is 8.23. The van der Waals surface area contributed by atoms with Crippen LogP contribution in [0.25, 0.3) is 0 Å². The summed E-state index contributed by atoms with van der Waals surface area (Å²) in [4.78, 5) is 42.2. The highest BCUT2D eigenvalue weighted by Gasteiger charge is 2.49. The summed E-state index contributed by atoms with van der Waals surface area (Å²) in [6, 6.07) is 11.9. The second-order valence-corrected chi connectivity index (χ2v) is 10.6. The molecule has 10 heteroatoms. The molecule has 208 valence electrons. The molecule has 3 aliphatic rings. The summed E-state index contributed by atoms with van der Waals surface area (Å²) in [6.45, 7) is 0.565. The quantitative estimate of drug-likeness (QED) is 0.444. The van der Waals surface area contributed by atoms with Crippen molar-refractivity contribution in [2.24, 2.45) is 11.8 Å². The number of anilines is 1. The second kappa shape index (κ2) is 10.9. The summed E-state index contributed by atoms with van der Waals surface area (Å²) < 4.78 is 41.8. The maximum atomic E-state index is 13.8. The Kier molecular flexibility index (Phi) is 7.55. The Bertz CT molecular complexity index is 1230. The number of benzene rings is 2. The molecule has 2 amide bonds. The number of carbonyl (C=O) groups excluding carboxylic acids is 2. The van der Waals surface area contributed by atoms with Crippen LogP contribution < -0.4 is 9.64 Å². The molecule has 3 atom stereocenters. The highest BCUT2D eigenvalue weighted by molar-refractivity contribution is 6.07. The van der Waals surface area contributed by atoms with E-state index in [1.165, 1.54) is 12.1 Å². The number of carbonyl (C=O) groups is 3. The van der Waals surface area contributed by atoms with Crippen molar-refractivity contribution >= 4 is 23.5 Å². The summed E-state index contributed by atoms with van der Waals surface area (Å²) >= 11 is 0. The van der Waals surface area contributed by atoms with Crippen LogP contribution in [-0.2, 0) is 9.59 Å². The van der Waals surface area contributed by atoms with Crippen molar-refractivity contribution in [2.75, 3.05) is 11.4 Å². The summed E-state index contributed by atoms with van der Waals surface area (Å²) in [5.41, 5.74) is 1.76. The van der Waals surface area contributed by atoms with Gasteiger partial charge in [0.15, 0.2) is 0 Å². The Morgan fingerprint density at radius 3 is 2.28 bits per heavy atom. The lowest BCUT2D eigenvalue weighted by atomic mass is 9.79. The van der Waals surface area contributed by atoms with Gasteiger partial charge < -0.3 is 19.6 Å². The van der Waals surface area contributed by atoms with Gasteiger partial charge in [-0.2, -0.15) is 0 Å². The van der Waals surface area contributed by atoms with Crippen LogP contribution in [0.15, 0.2) is 48.5 Å². The number of carboxylic acids is 1. The number of nitrogens with zero attached hydrogens (tertiary/aromatic N) is 2. The zero-order valence-corrected chi connectivity index (χ0v) is 21.4. The number of amides is 2. The highest BCUT2D eigenvalue weighted by Crippen LogP contribution is 2.51. The number of halogens is 3. The molecule has 0 spiro atoms. The number of hydrogen-bond donors (Lipinski definition) is 1. The molecular formula is C29H31F3N2O5. The summed E-state index contributed by atoms with van der Waals surface area (Å²) in [7, 11) is 0. The minimum Gasteiger partial charge on any atom is -0.481 e. The van der Waals surface area contributed by atoms with E-state index in [2.05, 4.69) is 4.74 Å². The average Bonchev–Trinajstić information content (AvgIpc) is 3.34. The third-order valence-corrected chi connectivity index (χ3v) is 8.23. The Morgan fingerprint density at radius 1 is 0.949 bits per heavy atom. The van der Waals surface area contributed by atoms with Gasteiger partial charge in [-0.25, -0.2) is 0 Å². The number of carboxylic acid groups (broad SMARTS) is 1.